The Morgan fingerprint density at radius 3 is 2.67 bits per heavy atom. The van der Waals surface area contributed by atoms with Crippen molar-refractivity contribution in [2.75, 3.05) is 13.2 Å². The van der Waals surface area contributed by atoms with E-state index in [9.17, 15) is 14.4 Å². The van der Waals surface area contributed by atoms with Crippen LogP contribution in [0.3, 0.4) is 0 Å². The highest BCUT2D eigenvalue weighted by molar-refractivity contribution is 9.11. The molecule has 1 fully saturated rings. The second kappa shape index (κ2) is 6.84. The second-order valence-corrected chi connectivity index (χ2v) is 7.32. The van der Waals surface area contributed by atoms with Crippen molar-refractivity contribution in [1.29, 1.82) is 0 Å². The molecule has 1 aromatic rings. The number of hydrogen-bond acceptors (Lipinski definition) is 6. The van der Waals surface area contributed by atoms with Crippen molar-refractivity contribution >= 4 is 49.8 Å². The van der Waals surface area contributed by atoms with Gasteiger partial charge in [0.05, 0.1) is 23.6 Å². The maximum Gasteiger partial charge on any atom is 0.326 e. The number of rotatable bonds is 3. The third-order valence-electron chi connectivity index (χ3n) is 4.16. The first kappa shape index (κ1) is 17.4. The highest BCUT2D eigenvalue weighted by atomic mass is 79.9. The van der Waals surface area contributed by atoms with Crippen molar-refractivity contribution in [3.8, 4) is 5.75 Å². The number of esters is 3. The molecular formula is C16H14Br2O6. The highest BCUT2D eigenvalue weighted by Gasteiger charge is 2.51. The molecule has 8 heteroatoms. The Morgan fingerprint density at radius 1 is 1.29 bits per heavy atom. The van der Waals surface area contributed by atoms with Gasteiger partial charge in [-0.15, -0.1) is 0 Å². The summed E-state index contributed by atoms with van der Waals surface area (Å²) in [6.07, 6.45) is 0.441. The van der Waals surface area contributed by atoms with Gasteiger partial charge in [-0.1, -0.05) is 15.9 Å². The Kier molecular flexibility index (Phi) is 4.96. The molecule has 1 saturated heterocycles. The smallest absolute Gasteiger partial charge is 0.326 e. The van der Waals surface area contributed by atoms with Crippen LogP contribution in [0.4, 0.5) is 0 Å². The molecule has 0 spiro atoms. The van der Waals surface area contributed by atoms with Crippen molar-refractivity contribution in [1.82, 2.24) is 0 Å². The van der Waals surface area contributed by atoms with Crippen LogP contribution in [0.1, 0.15) is 24.8 Å². The van der Waals surface area contributed by atoms with Gasteiger partial charge in [-0.05, 0) is 41.4 Å². The third-order valence-corrected chi connectivity index (χ3v) is 5.21. The Hall–Kier alpha value is -1.41. The number of hydrogen-bond donors (Lipinski definition) is 0. The molecule has 6 nitrogen and oxygen atoms in total. The van der Waals surface area contributed by atoms with Gasteiger partial charge in [-0.3, -0.25) is 14.4 Å². The van der Waals surface area contributed by atoms with E-state index in [2.05, 4.69) is 31.9 Å². The summed E-state index contributed by atoms with van der Waals surface area (Å²) in [4.78, 5) is 37.0. The first-order chi connectivity index (χ1) is 11.4. The van der Waals surface area contributed by atoms with Gasteiger partial charge in [0.25, 0.3) is 0 Å². The molecule has 2 aliphatic rings. The molecule has 24 heavy (non-hydrogen) atoms. The van der Waals surface area contributed by atoms with E-state index in [1.54, 1.807) is 19.1 Å². The normalized spacial score (nSPS) is 25.7. The molecule has 0 saturated carbocycles. The molecule has 2 heterocycles. The predicted molar refractivity (Wildman–Crippen MR) is 89.4 cm³/mol. The molecule has 0 bridgehead atoms. The number of halogens is 2. The van der Waals surface area contributed by atoms with Crippen LogP contribution in [0.2, 0.25) is 0 Å². The zero-order chi connectivity index (χ0) is 17.4. The van der Waals surface area contributed by atoms with Gasteiger partial charge in [-0.2, -0.15) is 0 Å². The minimum atomic E-state index is -1.19. The van der Waals surface area contributed by atoms with Crippen molar-refractivity contribution in [2.24, 2.45) is 11.8 Å². The van der Waals surface area contributed by atoms with Gasteiger partial charge >= 0.3 is 17.9 Å². The molecule has 0 N–H and O–H groups in total. The van der Waals surface area contributed by atoms with Gasteiger partial charge in [0.2, 0.25) is 0 Å². The van der Waals surface area contributed by atoms with E-state index >= 15 is 0 Å². The Morgan fingerprint density at radius 2 is 2.04 bits per heavy atom. The third kappa shape index (κ3) is 2.97. The number of fused-ring (bicyclic) bond motifs is 1. The molecule has 128 valence electrons. The molecule has 0 aliphatic carbocycles. The van der Waals surface area contributed by atoms with E-state index in [4.69, 9.17) is 14.2 Å². The lowest BCUT2D eigenvalue weighted by Crippen LogP contribution is -2.42. The lowest BCUT2D eigenvalue weighted by atomic mass is 9.74. The molecule has 0 aromatic heterocycles. The maximum absolute atomic E-state index is 12.5. The van der Waals surface area contributed by atoms with Crippen LogP contribution in [0, 0.1) is 11.8 Å². The fraction of sp³-hybridized carbons (Fsp3) is 0.438. The summed E-state index contributed by atoms with van der Waals surface area (Å²) in [5.41, 5.74) is 0.609. The predicted octanol–water partition coefficient (Wildman–Crippen LogP) is 2.96. The topological polar surface area (TPSA) is 78.9 Å². The van der Waals surface area contributed by atoms with Crippen LogP contribution in [-0.4, -0.2) is 31.1 Å². The van der Waals surface area contributed by atoms with Crippen LogP contribution in [0.25, 0.3) is 0 Å². The quantitative estimate of drug-likeness (QED) is 0.391. The molecule has 3 atom stereocenters. The molecule has 3 rings (SSSR count). The average molecular weight is 462 g/mol. The average Bonchev–Trinajstić information content (AvgIpc) is 2.93. The van der Waals surface area contributed by atoms with Crippen LogP contribution < -0.4 is 4.74 Å². The summed E-state index contributed by atoms with van der Waals surface area (Å²) in [7, 11) is 0. The van der Waals surface area contributed by atoms with E-state index in [1.165, 1.54) is 0 Å². The molecule has 1 aromatic carbocycles. The van der Waals surface area contributed by atoms with Gasteiger partial charge < -0.3 is 14.2 Å². The van der Waals surface area contributed by atoms with E-state index in [0.717, 1.165) is 4.47 Å². The summed E-state index contributed by atoms with van der Waals surface area (Å²) < 4.78 is 16.8. The van der Waals surface area contributed by atoms with Crippen LogP contribution >= 0.6 is 31.9 Å². The Balaban J connectivity index is 2.14. The largest absolute Gasteiger partial charge is 0.465 e. The highest BCUT2D eigenvalue weighted by Crippen LogP contribution is 2.49. The van der Waals surface area contributed by atoms with Crippen molar-refractivity contribution < 1.29 is 28.6 Å². The fourth-order valence-corrected chi connectivity index (χ4v) is 4.53. The zero-order valence-corrected chi connectivity index (χ0v) is 15.9. The molecular weight excluding hydrogens is 448 g/mol. The number of ether oxygens (including phenoxy) is 3. The second-order valence-electron chi connectivity index (χ2n) is 5.55. The van der Waals surface area contributed by atoms with Crippen molar-refractivity contribution in [2.45, 2.75) is 19.3 Å². The lowest BCUT2D eigenvalue weighted by molar-refractivity contribution is -0.160. The summed E-state index contributed by atoms with van der Waals surface area (Å²) in [5.74, 6) is -3.94. The SMILES string of the molecule is CCOC(=O)C1C(=O)Oc2c(Br)cc(Br)cc2C1C1CCOC1=O. The number of carbonyl (C=O) groups is 3. The van der Waals surface area contributed by atoms with Crippen molar-refractivity contribution in [3.63, 3.8) is 0 Å². The number of carbonyl (C=O) groups excluding carboxylic acids is 3. The van der Waals surface area contributed by atoms with E-state index in [0.29, 0.717) is 22.2 Å². The number of cyclic esters (lactones) is 1. The van der Waals surface area contributed by atoms with E-state index in [-0.39, 0.29) is 13.2 Å². The lowest BCUT2D eigenvalue weighted by Gasteiger charge is -2.33. The van der Waals surface area contributed by atoms with Crippen LogP contribution in [0.5, 0.6) is 5.75 Å². The van der Waals surface area contributed by atoms with Crippen molar-refractivity contribution in [3.05, 3.63) is 26.6 Å². The van der Waals surface area contributed by atoms with Crippen LogP contribution in [-0.2, 0) is 23.9 Å². The molecule has 2 aliphatic heterocycles. The standard InChI is InChI=1S/C16H14Br2O6/c1-2-22-15(20)12-11(8-3-4-23-14(8)19)9-5-7(17)6-10(18)13(9)24-16(12)21/h5-6,8,11-12H,2-4H2,1H3. The van der Waals surface area contributed by atoms with Gasteiger partial charge in [0.15, 0.2) is 5.92 Å². The minimum absolute atomic E-state index is 0.138. The molecule has 3 unspecified atom stereocenters. The van der Waals surface area contributed by atoms with Gasteiger partial charge in [-0.25, -0.2) is 0 Å². The maximum atomic E-state index is 12.5. The zero-order valence-electron chi connectivity index (χ0n) is 12.7. The summed E-state index contributed by atoms with van der Waals surface area (Å²) in [6, 6.07) is 3.50. The monoisotopic (exact) mass is 460 g/mol. The first-order valence-corrected chi connectivity index (χ1v) is 9.06. The molecule has 0 amide bonds. The Labute approximate surface area is 155 Å². The first-order valence-electron chi connectivity index (χ1n) is 7.48. The fourth-order valence-electron chi connectivity index (χ4n) is 3.19. The summed E-state index contributed by atoms with van der Waals surface area (Å²) >= 11 is 6.75. The summed E-state index contributed by atoms with van der Waals surface area (Å²) in [5, 5.41) is 0. The van der Waals surface area contributed by atoms with E-state index < -0.39 is 35.7 Å². The van der Waals surface area contributed by atoms with Gasteiger partial charge in [0, 0.05) is 16.0 Å². The minimum Gasteiger partial charge on any atom is -0.465 e. The van der Waals surface area contributed by atoms with Crippen LogP contribution in [0.15, 0.2) is 21.1 Å². The van der Waals surface area contributed by atoms with Gasteiger partial charge in [0.1, 0.15) is 5.75 Å². The Bertz CT molecular complexity index is 717. The van der Waals surface area contributed by atoms with E-state index in [1.807, 2.05) is 0 Å². The summed E-state index contributed by atoms with van der Waals surface area (Å²) in [6.45, 7) is 2.07. The molecule has 0 radical (unpaired) electrons. The number of benzene rings is 1.